The minimum atomic E-state index is -0.146. The van der Waals surface area contributed by atoms with Gasteiger partial charge in [0.1, 0.15) is 0 Å². The number of amides is 2. The molecule has 0 radical (unpaired) electrons. The number of nitrogens with one attached hydrogen (secondary N) is 2. The molecule has 2 aromatic carbocycles. The minimum Gasteiger partial charge on any atom is -0.376 e. The zero-order valence-corrected chi connectivity index (χ0v) is 16.6. The number of para-hydroxylation sites is 1. The third kappa shape index (κ3) is 5.33. The molecule has 5 heteroatoms. The zero-order chi connectivity index (χ0) is 19.8. The van der Waals surface area contributed by atoms with E-state index in [4.69, 9.17) is 0 Å². The van der Waals surface area contributed by atoms with E-state index in [1.54, 1.807) is 29.2 Å². The molecule has 0 spiro atoms. The monoisotopic (exact) mass is 367 g/mol. The fourth-order valence-corrected chi connectivity index (χ4v) is 3.07. The predicted molar refractivity (Wildman–Crippen MR) is 111 cm³/mol. The highest BCUT2D eigenvalue weighted by Crippen LogP contribution is 2.21. The summed E-state index contributed by atoms with van der Waals surface area (Å²) in [6, 6.07) is 13.2. The van der Waals surface area contributed by atoms with Gasteiger partial charge in [0.05, 0.1) is 6.54 Å². The Balaban J connectivity index is 2.03. The normalized spacial score (nSPS) is 10.4. The zero-order valence-electron chi connectivity index (χ0n) is 16.6. The Labute approximate surface area is 161 Å². The third-order valence-electron chi connectivity index (χ3n) is 4.61. The van der Waals surface area contributed by atoms with Crippen molar-refractivity contribution in [3.05, 3.63) is 59.2 Å². The van der Waals surface area contributed by atoms with Gasteiger partial charge in [-0.1, -0.05) is 31.2 Å². The summed E-state index contributed by atoms with van der Waals surface area (Å²) >= 11 is 0. The SMILES string of the molecule is CCc1cccc(C)c1NCC(=O)Nc1cccc(C(=O)N(CC)CC)c1. The molecule has 0 aliphatic heterocycles. The van der Waals surface area contributed by atoms with Gasteiger partial charge in [-0.25, -0.2) is 0 Å². The Hall–Kier alpha value is -2.82. The van der Waals surface area contributed by atoms with E-state index in [0.717, 1.165) is 17.7 Å². The highest BCUT2D eigenvalue weighted by molar-refractivity contribution is 5.98. The largest absolute Gasteiger partial charge is 0.376 e. The highest BCUT2D eigenvalue weighted by Gasteiger charge is 2.13. The summed E-state index contributed by atoms with van der Waals surface area (Å²) in [5.41, 5.74) is 4.53. The number of carbonyl (C=O) groups is 2. The van der Waals surface area contributed by atoms with Crippen LogP contribution in [0.5, 0.6) is 0 Å². The molecule has 0 saturated carbocycles. The average molecular weight is 367 g/mol. The summed E-state index contributed by atoms with van der Waals surface area (Å²) in [5.74, 6) is -0.172. The van der Waals surface area contributed by atoms with Crippen molar-refractivity contribution in [3.8, 4) is 0 Å². The summed E-state index contributed by atoms with van der Waals surface area (Å²) in [6.07, 6.45) is 0.904. The molecular weight excluding hydrogens is 338 g/mol. The third-order valence-corrected chi connectivity index (χ3v) is 4.61. The van der Waals surface area contributed by atoms with Crippen molar-refractivity contribution in [2.75, 3.05) is 30.3 Å². The van der Waals surface area contributed by atoms with Crippen LogP contribution in [0.15, 0.2) is 42.5 Å². The number of anilines is 2. The molecule has 0 aromatic heterocycles. The minimum absolute atomic E-state index is 0.0262. The summed E-state index contributed by atoms with van der Waals surface area (Å²) in [7, 11) is 0. The van der Waals surface area contributed by atoms with Gasteiger partial charge in [-0.15, -0.1) is 0 Å². The molecule has 27 heavy (non-hydrogen) atoms. The number of aryl methyl sites for hydroxylation is 2. The average Bonchev–Trinajstić information content (AvgIpc) is 2.67. The van der Waals surface area contributed by atoms with E-state index < -0.39 is 0 Å². The van der Waals surface area contributed by atoms with Crippen LogP contribution in [0.4, 0.5) is 11.4 Å². The van der Waals surface area contributed by atoms with Crippen LogP contribution >= 0.6 is 0 Å². The maximum Gasteiger partial charge on any atom is 0.253 e. The second-order valence-corrected chi connectivity index (χ2v) is 6.42. The van der Waals surface area contributed by atoms with Crippen LogP contribution in [0.25, 0.3) is 0 Å². The topological polar surface area (TPSA) is 61.4 Å². The Morgan fingerprint density at radius 2 is 1.70 bits per heavy atom. The lowest BCUT2D eigenvalue weighted by Gasteiger charge is -2.19. The molecule has 0 unspecified atom stereocenters. The fourth-order valence-electron chi connectivity index (χ4n) is 3.07. The molecule has 2 amide bonds. The van der Waals surface area contributed by atoms with Crippen LogP contribution in [0.3, 0.4) is 0 Å². The van der Waals surface area contributed by atoms with Crippen molar-refractivity contribution < 1.29 is 9.59 Å². The number of nitrogens with zero attached hydrogens (tertiary/aromatic N) is 1. The van der Waals surface area contributed by atoms with E-state index in [1.807, 2.05) is 32.9 Å². The van der Waals surface area contributed by atoms with E-state index in [1.165, 1.54) is 5.56 Å². The van der Waals surface area contributed by atoms with E-state index >= 15 is 0 Å². The predicted octanol–water partition coefficient (Wildman–Crippen LogP) is 4.09. The Morgan fingerprint density at radius 1 is 1.00 bits per heavy atom. The molecule has 0 fully saturated rings. The fraction of sp³-hybridized carbons (Fsp3) is 0.364. The molecule has 0 saturated heterocycles. The second-order valence-electron chi connectivity index (χ2n) is 6.42. The first kappa shape index (κ1) is 20.5. The van der Waals surface area contributed by atoms with Gasteiger partial charge >= 0.3 is 0 Å². The summed E-state index contributed by atoms with van der Waals surface area (Å²) < 4.78 is 0. The van der Waals surface area contributed by atoms with Gasteiger partial charge in [0.25, 0.3) is 5.91 Å². The number of hydrogen-bond donors (Lipinski definition) is 2. The van der Waals surface area contributed by atoms with Gasteiger partial charge in [-0.05, 0) is 56.5 Å². The van der Waals surface area contributed by atoms with Crippen LogP contribution in [0, 0.1) is 6.92 Å². The van der Waals surface area contributed by atoms with Gasteiger partial charge in [0, 0.05) is 30.0 Å². The molecule has 0 bridgehead atoms. The van der Waals surface area contributed by atoms with Crippen molar-refractivity contribution >= 4 is 23.2 Å². The van der Waals surface area contributed by atoms with Gasteiger partial charge in [0.15, 0.2) is 0 Å². The van der Waals surface area contributed by atoms with Crippen molar-refractivity contribution in [1.29, 1.82) is 0 Å². The van der Waals surface area contributed by atoms with Crippen LogP contribution in [0.2, 0.25) is 0 Å². The van der Waals surface area contributed by atoms with E-state index in [0.29, 0.717) is 24.3 Å². The first-order chi connectivity index (χ1) is 13.0. The van der Waals surface area contributed by atoms with Gasteiger partial charge in [-0.3, -0.25) is 9.59 Å². The maximum absolute atomic E-state index is 12.5. The molecule has 144 valence electrons. The maximum atomic E-state index is 12.5. The Kier molecular flexibility index (Phi) is 7.41. The Bertz CT molecular complexity index is 798. The number of carbonyl (C=O) groups excluding carboxylic acids is 2. The van der Waals surface area contributed by atoms with E-state index in [-0.39, 0.29) is 18.4 Å². The van der Waals surface area contributed by atoms with E-state index in [2.05, 4.69) is 23.6 Å². The van der Waals surface area contributed by atoms with Crippen LogP contribution in [-0.4, -0.2) is 36.3 Å². The molecule has 2 aromatic rings. The van der Waals surface area contributed by atoms with Gasteiger partial charge in [-0.2, -0.15) is 0 Å². The molecule has 2 rings (SSSR count). The summed E-state index contributed by atoms with van der Waals surface area (Å²) in [6.45, 7) is 9.52. The molecule has 2 N–H and O–H groups in total. The number of rotatable bonds is 8. The van der Waals surface area contributed by atoms with Crippen LogP contribution < -0.4 is 10.6 Å². The van der Waals surface area contributed by atoms with E-state index in [9.17, 15) is 9.59 Å². The lowest BCUT2D eigenvalue weighted by atomic mass is 10.1. The van der Waals surface area contributed by atoms with Crippen molar-refractivity contribution in [2.24, 2.45) is 0 Å². The number of benzene rings is 2. The smallest absolute Gasteiger partial charge is 0.253 e. The lowest BCUT2D eigenvalue weighted by molar-refractivity contribution is -0.114. The first-order valence-corrected chi connectivity index (χ1v) is 9.51. The molecular formula is C22H29N3O2. The molecule has 0 atom stereocenters. The molecule has 0 aliphatic carbocycles. The van der Waals surface area contributed by atoms with Crippen molar-refractivity contribution in [3.63, 3.8) is 0 Å². The highest BCUT2D eigenvalue weighted by atomic mass is 16.2. The summed E-state index contributed by atoms with van der Waals surface area (Å²) in [4.78, 5) is 26.6. The molecule has 0 aliphatic rings. The van der Waals surface area contributed by atoms with Crippen molar-refractivity contribution in [1.82, 2.24) is 4.90 Å². The standard InChI is InChI=1S/C22H29N3O2/c1-5-17-11-8-10-16(4)21(17)23-15-20(26)24-19-13-9-12-18(14-19)22(27)25(6-2)7-3/h8-14,23H,5-7,15H2,1-4H3,(H,24,26). The van der Waals surface area contributed by atoms with Crippen LogP contribution in [0.1, 0.15) is 42.3 Å². The second kappa shape index (κ2) is 9.76. The lowest BCUT2D eigenvalue weighted by Crippen LogP contribution is -2.30. The van der Waals surface area contributed by atoms with Crippen molar-refractivity contribution in [2.45, 2.75) is 34.1 Å². The Morgan fingerprint density at radius 3 is 2.37 bits per heavy atom. The first-order valence-electron chi connectivity index (χ1n) is 9.51. The number of hydrogen-bond acceptors (Lipinski definition) is 3. The van der Waals surface area contributed by atoms with Crippen LogP contribution in [-0.2, 0) is 11.2 Å². The quantitative estimate of drug-likeness (QED) is 0.739. The molecule has 5 nitrogen and oxygen atoms in total. The summed E-state index contributed by atoms with van der Waals surface area (Å²) in [5, 5.41) is 6.11. The van der Waals surface area contributed by atoms with Gasteiger partial charge in [0.2, 0.25) is 5.91 Å². The molecule has 0 heterocycles. The van der Waals surface area contributed by atoms with Gasteiger partial charge < -0.3 is 15.5 Å².